The molecule has 0 aromatic heterocycles. The molecule has 0 saturated heterocycles. The Bertz CT molecular complexity index is 1030. The highest BCUT2D eigenvalue weighted by Gasteiger charge is 2.40. The Labute approximate surface area is 167 Å². The molecule has 0 amide bonds. The molecule has 134 valence electrons. The molecule has 2 heterocycles. The van der Waals surface area contributed by atoms with E-state index in [0.29, 0.717) is 5.02 Å². The van der Waals surface area contributed by atoms with Gasteiger partial charge in [0.1, 0.15) is 5.75 Å². The Morgan fingerprint density at radius 1 is 0.889 bits per heavy atom. The lowest BCUT2D eigenvalue weighted by molar-refractivity contribution is -0.0190. The topological polar surface area (TPSA) is 24.8 Å². The summed E-state index contributed by atoms with van der Waals surface area (Å²) in [5.74, 6) is 0.899. The molecule has 2 aliphatic rings. The smallest absolute Gasteiger partial charge is 0.213 e. The molecule has 3 nitrogen and oxygen atoms in total. The van der Waals surface area contributed by atoms with Crippen molar-refractivity contribution in [2.75, 3.05) is 0 Å². The van der Waals surface area contributed by atoms with Crippen LogP contribution in [0.15, 0.2) is 77.9 Å². The lowest BCUT2D eigenvalue weighted by atomic mass is 9.96. The van der Waals surface area contributed by atoms with Gasteiger partial charge in [0, 0.05) is 27.6 Å². The molecular weight excluding hydrogens is 379 g/mol. The van der Waals surface area contributed by atoms with E-state index in [1.807, 2.05) is 66.7 Å². The zero-order valence-electron chi connectivity index (χ0n) is 14.3. The molecule has 27 heavy (non-hydrogen) atoms. The third kappa shape index (κ3) is 2.97. The first-order chi connectivity index (χ1) is 13.2. The van der Waals surface area contributed by atoms with Crippen molar-refractivity contribution < 1.29 is 4.74 Å². The molecule has 0 saturated carbocycles. The molecule has 0 aliphatic carbocycles. The lowest BCUT2D eigenvalue weighted by Gasteiger charge is -2.38. The van der Waals surface area contributed by atoms with E-state index >= 15 is 0 Å². The van der Waals surface area contributed by atoms with Gasteiger partial charge in [0.05, 0.1) is 11.8 Å². The van der Waals surface area contributed by atoms with Crippen LogP contribution in [-0.4, -0.2) is 10.7 Å². The first kappa shape index (κ1) is 16.7. The maximum atomic E-state index is 6.33. The highest BCUT2D eigenvalue weighted by atomic mass is 35.5. The van der Waals surface area contributed by atoms with E-state index in [9.17, 15) is 0 Å². The Balaban J connectivity index is 1.60. The van der Waals surface area contributed by atoms with Crippen LogP contribution in [0.3, 0.4) is 0 Å². The molecule has 0 spiro atoms. The third-order valence-electron chi connectivity index (χ3n) is 5.01. The molecule has 2 atom stereocenters. The van der Waals surface area contributed by atoms with Gasteiger partial charge in [-0.1, -0.05) is 65.7 Å². The Hall–Kier alpha value is -2.49. The van der Waals surface area contributed by atoms with Crippen LogP contribution in [0.5, 0.6) is 5.75 Å². The van der Waals surface area contributed by atoms with Gasteiger partial charge in [-0.05, 0) is 35.9 Å². The summed E-state index contributed by atoms with van der Waals surface area (Å²) in [6, 6.07) is 23.9. The van der Waals surface area contributed by atoms with E-state index in [0.717, 1.165) is 39.6 Å². The van der Waals surface area contributed by atoms with E-state index in [2.05, 4.69) is 11.1 Å². The van der Waals surface area contributed by atoms with Crippen molar-refractivity contribution in [3.63, 3.8) is 0 Å². The van der Waals surface area contributed by atoms with Crippen molar-refractivity contribution in [1.82, 2.24) is 5.01 Å². The quantitative estimate of drug-likeness (QED) is 0.513. The van der Waals surface area contributed by atoms with Gasteiger partial charge < -0.3 is 4.74 Å². The second-order valence-corrected chi connectivity index (χ2v) is 7.59. The molecule has 5 heteroatoms. The van der Waals surface area contributed by atoms with Crippen LogP contribution in [0, 0.1) is 0 Å². The van der Waals surface area contributed by atoms with E-state index in [1.54, 1.807) is 0 Å². The van der Waals surface area contributed by atoms with Crippen LogP contribution in [0.1, 0.15) is 35.4 Å². The molecule has 3 aromatic carbocycles. The zero-order chi connectivity index (χ0) is 18.4. The maximum absolute atomic E-state index is 6.33. The first-order valence-electron chi connectivity index (χ1n) is 8.82. The third-order valence-corrected chi connectivity index (χ3v) is 5.50. The van der Waals surface area contributed by atoms with Gasteiger partial charge in [-0.25, -0.2) is 5.01 Å². The maximum Gasteiger partial charge on any atom is 0.213 e. The molecule has 2 unspecified atom stereocenters. The monoisotopic (exact) mass is 394 g/mol. The minimum absolute atomic E-state index is 0.129. The van der Waals surface area contributed by atoms with Crippen molar-refractivity contribution in [3.05, 3.63) is 99.5 Å². The van der Waals surface area contributed by atoms with Crippen molar-refractivity contribution >= 4 is 28.9 Å². The van der Waals surface area contributed by atoms with E-state index in [4.69, 9.17) is 33.0 Å². The largest absolute Gasteiger partial charge is 0.464 e. The molecule has 0 bridgehead atoms. The Morgan fingerprint density at radius 3 is 2.52 bits per heavy atom. The Kier molecular flexibility index (Phi) is 4.07. The van der Waals surface area contributed by atoms with Crippen molar-refractivity contribution in [2.45, 2.75) is 18.7 Å². The number of hydrogen-bond donors (Lipinski definition) is 0. The average molecular weight is 395 g/mol. The molecule has 3 aromatic rings. The number of fused-ring (bicyclic) bond motifs is 3. The van der Waals surface area contributed by atoms with E-state index in [-0.39, 0.29) is 12.3 Å². The fraction of sp³-hybridized carbons (Fsp3) is 0.136. The van der Waals surface area contributed by atoms with Crippen LogP contribution in [-0.2, 0) is 0 Å². The highest BCUT2D eigenvalue weighted by molar-refractivity contribution is 6.31. The van der Waals surface area contributed by atoms with Gasteiger partial charge in [0.25, 0.3) is 0 Å². The molecular formula is C22H16Cl2N2O. The number of benzene rings is 3. The molecule has 5 rings (SSSR count). The Morgan fingerprint density at radius 2 is 1.70 bits per heavy atom. The first-order valence-corrected chi connectivity index (χ1v) is 9.57. The van der Waals surface area contributed by atoms with Crippen LogP contribution < -0.4 is 4.74 Å². The fourth-order valence-corrected chi connectivity index (χ4v) is 4.06. The van der Waals surface area contributed by atoms with Crippen molar-refractivity contribution in [3.8, 4) is 5.75 Å². The molecule has 0 fully saturated rings. The number of ether oxygens (including phenoxy) is 1. The fourth-order valence-electron chi connectivity index (χ4n) is 3.73. The normalized spacial score (nSPS) is 20.5. The number of halogens is 2. The summed E-state index contributed by atoms with van der Waals surface area (Å²) in [5.41, 5.74) is 4.26. The summed E-state index contributed by atoms with van der Waals surface area (Å²) in [6.07, 6.45) is 0.507. The van der Waals surface area contributed by atoms with Gasteiger partial charge in [-0.2, -0.15) is 5.10 Å². The molecule has 0 N–H and O–H groups in total. The van der Waals surface area contributed by atoms with Crippen LogP contribution in [0.4, 0.5) is 0 Å². The van der Waals surface area contributed by atoms with Crippen molar-refractivity contribution in [2.24, 2.45) is 5.10 Å². The minimum atomic E-state index is -0.312. The van der Waals surface area contributed by atoms with Crippen LogP contribution in [0.25, 0.3) is 0 Å². The second kappa shape index (κ2) is 6.59. The van der Waals surface area contributed by atoms with E-state index in [1.165, 1.54) is 0 Å². The predicted octanol–water partition coefficient (Wildman–Crippen LogP) is 6.24. The summed E-state index contributed by atoms with van der Waals surface area (Å²) < 4.78 is 6.33. The van der Waals surface area contributed by atoms with Crippen molar-refractivity contribution in [1.29, 1.82) is 0 Å². The number of hydrazone groups is 1. The van der Waals surface area contributed by atoms with E-state index < -0.39 is 0 Å². The van der Waals surface area contributed by atoms with Gasteiger partial charge in [-0.15, -0.1) is 0 Å². The summed E-state index contributed by atoms with van der Waals surface area (Å²) in [5, 5.41) is 8.40. The summed E-state index contributed by atoms with van der Waals surface area (Å²) in [7, 11) is 0. The summed E-state index contributed by atoms with van der Waals surface area (Å²) in [6.45, 7) is 0. The van der Waals surface area contributed by atoms with Crippen LogP contribution >= 0.6 is 23.2 Å². The molecule has 0 radical (unpaired) electrons. The highest BCUT2D eigenvalue weighted by Crippen LogP contribution is 2.47. The molecule has 2 aliphatic heterocycles. The second-order valence-electron chi connectivity index (χ2n) is 6.72. The van der Waals surface area contributed by atoms with Gasteiger partial charge in [0.15, 0.2) is 0 Å². The van der Waals surface area contributed by atoms with Crippen LogP contribution in [0.2, 0.25) is 10.0 Å². The van der Waals surface area contributed by atoms with Gasteiger partial charge in [-0.3, -0.25) is 0 Å². The standard InChI is InChI=1S/C22H16Cl2N2O/c23-16-10-8-14(9-11-16)19-13-20-18-6-1-2-7-21(18)27-22(26(20)25-19)15-4-3-5-17(24)12-15/h1-12,20,22H,13H2. The number of nitrogens with zero attached hydrogens (tertiary/aromatic N) is 2. The minimum Gasteiger partial charge on any atom is -0.464 e. The average Bonchev–Trinajstić information content (AvgIpc) is 3.13. The summed E-state index contributed by atoms with van der Waals surface area (Å²) in [4.78, 5) is 0. The predicted molar refractivity (Wildman–Crippen MR) is 108 cm³/mol. The number of para-hydroxylation sites is 1. The number of hydrogen-bond acceptors (Lipinski definition) is 3. The zero-order valence-corrected chi connectivity index (χ0v) is 15.9. The summed E-state index contributed by atoms with van der Waals surface area (Å²) >= 11 is 12.3. The SMILES string of the molecule is Clc1ccc(C2=NN3C(C2)c2ccccc2OC3c2cccc(Cl)c2)cc1. The number of rotatable bonds is 2. The van der Waals surface area contributed by atoms with Gasteiger partial charge >= 0.3 is 0 Å². The van der Waals surface area contributed by atoms with Gasteiger partial charge in [0.2, 0.25) is 6.23 Å². The lowest BCUT2D eigenvalue weighted by Crippen LogP contribution is -2.33.